The number of sulfonamides is 1. The van der Waals surface area contributed by atoms with Crippen LogP contribution in [0.4, 0.5) is 11.4 Å². The number of nitrogens with zero attached hydrogens (tertiary/aromatic N) is 2. The molecular formula is C25H36ClN3O4S. The summed E-state index contributed by atoms with van der Waals surface area (Å²) >= 11 is 6.99. The van der Waals surface area contributed by atoms with Crippen molar-refractivity contribution >= 4 is 38.9 Å². The van der Waals surface area contributed by atoms with Crippen LogP contribution in [0.1, 0.15) is 52.4 Å². The molecule has 4 bridgehead atoms. The second-order valence-electron chi connectivity index (χ2n) is 10.7. The summed E-state index contributed by atoms with van der Waals surface area (Å²) in [5, 5.41) is 3.21. The van der Waals surface area contributed by atoms with E-state index in [1.165, 1.54) is 10.7 Å². The minimum atomic E-state index is -3.64. The van der Waals surface area contributed by atoms with Crippen molar-refractivity contribution < 1.29 is 17.9 Å². The second kappa shape index (κ2) is 8.95. The number of nitrogens with one attached hydrogen (secondary N) is 1. The molecule has 0 spiro atoms. The molecule has 1 aliphatic heterocycles. The summed E-state index contributed by atoms with van der Waals surface area (Å²) in [6.45, 7) is 7.08. The number of carbonyl (C=O) groups excluding carboxylic acids is 1. The van der Waals surface area contributed by atoms with Gasteiger partial charge in [0.25, 0.3) is 0 Å². The molecule has 0 radical (unpaired) electrons. The highest BCUT2D eigenvalue weighted by Crippen LogP contribution is 2.64. The maximum absolute atomic E-state index is 13.9. The average molecular weight is 510 g/mol. The van der Waals surface area contributed by atoms with E-state index in [-0.39, 0.29) is 15.7 Å². The van der Waals surface area contributed by atoms with Crippen molar-refractivity contribution in [3.05, 3.63) is 18.2 Å². The fourth-order valence-corrected chi connectivity index (χ4v) is 9.42. The normalized spacial score (nSPS) is 32.9. The van der Waals surface area contributed by atoms with Gasteiger partial charge in [-0.2, -0.15) is 4.31 Å². The highest BCUT2D eigenvalue weighted by atomic mass is 35.5. The lowest BCUT2D eigenvalue weighted by atomic mass is 9.49. The predicted octanol–water partition coefficient (Wildman–Crippen LogP) is 4.07. The third-order valence-electron chi connectivity index (χ3n) is 8.38. The Morgan fingerprint density at radius 1 is 1.15 bits per heavy atom. The van der Waals surface area contributed by atoms with E-state index in [4.69, 9.17) is 16.3 Å². The molecule has 7 nitrogen and oxygen atoms in total. The molecule has 0 aromatic heterocycles. The van der Waals surface area contributed by atoms with Gasteiger partial charge in [0.1, 0.15) is 0 Å². The summed E-state index contributed by atoms with van der Waals surface area (Å²) in [5.41, 5.74) is 0.960. The van der Waals surface area contributed by atoms with Gasteiger partial charge in [0.2, 0.25) is 15.9 Å². The number of hydrogen-bond donors (Lipinski definition) is 1. The van der Waals surface area contributed by atoms with Crippen LogP contribution in [0.5, 0.6) is 0 Å². The largest absolute Gasteiger partial charge is 0.378 e. The molecule has 0 unspecified atom stereocenters. The average Bonchev–Trinajstić information content (AvgIpc) is 2.78. The van der Waals surface area contributed by atoms with Crippen molar-refractivity contribution in [1.82, 2.24) is 4.31 Å². The quantitative estimate of drug-likeness (QED) is 0.560. The van der Waals surface area contributed by atoms with Crippen molar-refractivity contribution in [2.24, 2.45) is 17.3 Å². The number of ether oxygens (including phenoxy) is 1. The number of amides is 1. The molecule has 34 heavy (non-hydrogen) atoms. The lowest BCUT2D eigenvalue weighted by Gasteiger charge is -2.59. The van der Waals surface area contributed by atoms with Gasteiger partial charge >= 0.3 is 0 Å². The number of halogens is 1. The molecular weight excluding hydrogens is 474 g/mol. The first-order chi connectivity index (χ1) is 16.2. The zero-order valence-electron chi connectivity index (χ0n) is 20.2. The first kappa shape index (κ1) is 24.3. The second-order valence-corrected chi connectivity index (χ2v) is 13.5. The number of alkyl halides is 1. The van der Waals surface area contributed by atoms with Gasteiger partial charge < -0.3 is 15.0 Å². The molecule has 1 amide bonds. The lowest BCUT2D eigenvalue weighted by Crippen LogP contribution is -2.57. The minimum Gasteiger partial charge on any atom is -0.378 e. The Labute approximate surface area is 208 Å². The van der Waals surface area contributed by atoms with Gasteiger partial charge in [-0.15, -0.1) is 11.6 Å². The Kier molecular flexibility index (Phi) is 6.41. The van der Waals surface area contributed by atoms with E-state index < -0.39 is 15.4 Å². The van der Waals surface area contributed by atoms with Crippen molar-refractivity contribution in [1.29, 1.82) is 0 Å². The summed E-state index contributed by atoms with van der Waals surface area (Å²) in [7, 11) is -3.64. The fourth-order valence-electron chi connectivity index (χ4n) is 7.24. The van der Waals surface area contributed by atoms with Gasteiger partial charge in [0.05, 0.1) is 34.9 Å². The van der Waals surface area contributed by atoms with Gasteiger partial charge in [-0.1, -0.05) is 13.8 Å². The number of benzene rings is 1. The molecule has 5 aliphatic rings. The molecule has 2 atom stereocenters. The maximum atomic E-state index is 13.9. The standard InChI is InChI=1S/C25H36ClN3O4S/c1-3-29(4-2)34(31,32)20-5-6-22(28-7-9-33-10-8-28)21(12-20)27-23(30)24-13-18-11-19(14-24)16-25(26,15-18)17-24/h5-6,12,18-19H,3-4,7-11,13-17H2,1-2H3,(H,27,30)/t18-,19-,24?,25?/m0/s1. The Hall–Kier alpha value is -1.35. The van der Waals surface area contributed by atoms with Crippen LogP contribution in [0.15, 0.2) is 23.1 Å². The van der Waals surface area contributed by atoms with Crippen LogP contribution in [-0.2, 0) is 19.6 Å². The molecule has 1 heterocycles. The highest BCUT2D eigenvalue weighted by Gasteiger charge is 2.60. The topological polar surface area (TPSA) is 79.0 Å². The third-order valence-corrected chi connectivity index (χ3v) is 10.9. The zero-order chi connectivity index (χ0) is 24.1. The summed E-state index contributed by atoms with van der Waals surface area (Å²) in [6.07, 6.45) is 5.68. The van der Waals surface area contributed by atoms with Crippen molar-refractivity contribution in [3.8, 4) is 0 Å². The van der Waals surface area contributed by atoms with E-state index in [1.54, 1.807) is 12.1 Å². The molecule has 4 saturated carbocycles. The zero-order valence-corrected chi connectivity index (χ0v) is 21.8. The molecule has 9 heteroatoms. The Balaban J connectivity index is 1.49. The lowest BCUT2D eigenvalue weighted by molar-refractivity contribution is -0.138. The van der Waals surface area contributed by atoms with E-state index in [9.17, 15) is 13.2 Å². The molecule has 1 saturated heterocycles. The van der Waals surface area contributed by atoms with Crippen LogP contribution < -0.4 is 10.2 Å². The molecule has 5 fully saturated rings. The van der Waals surface area contributed by atoms with E-state index in [0.29, 0.717) is 63.3 Å². The first-order valence-corrected chi connectivity index (χ1v) is 14.5. The molecule has 1 N–H and O–H groups in total. The fraction of sp³-hybridized carbons (Fsp3) is 0.720. The highest BCUT2D eigenvalue weighted by molar-refractivity contribution is 7.89. The van der Waals surface area contributed by atoms with Gasteiger partial charge in [0, 0.05) is 31.1 Å². The maximum Gasteiger partial charge on any atom is 0.243 e. The molecule has 188 valence electrons. The van der Waals surface area contributed by atoms with Crippen LogP contribution >= 0.6 is 11.6 Å². The first-order valence-electron chi connectivity index (χ1n) is 12.7. The molecule has 1 aromatic carbocycles. The Morgan fingerprint density at radius 3 is 2.38 bits per heavy atom. The number of carbonyl (C=O) groups is 1. The van der Waals surface area contributed by atoms with Crippen LogP contribution in [0.25, 0.3) is 0 Å². The van der Waals surface area contributed by atoms with E-state index in [0.717, 1.165) is 31.4 Å². The van der Waals surface area contributed by atoms with Crippen LogP contribution in [0.3, 0.4) is 0 Å². The monoisotopic (exact) mass is 509 g/mol. The van der Waals surface area contributed by atoms with Crippen LogP contribution in [-0.4, -0.2) is 62.9 Å². The number of morpholine rings is 1. The Bertz CT molecular complexity index is 1040. The SMILES string of the molecule is CCN(CC)S(=O)(=O)c1ccc(N2CCOCC2)c(NC(=O)C23C[C@@H]4C[C@H](CC(Cl)(C4)C2)C3)c1. The summed E-state index contributed by atoms with van der Waals surface area (Å²) in [5.74, 6) is 1.02. The van der Waals surface area contributed by atoms with E-state index >= 15 is 0 Å². The summed E-state index contributed by atoms with van der Waals surface area (Å²) in [4.78, 5) is 16.0. The molecule has 6 rings (SSSR count). The smallest absolute Gasteiger partial charge is 0.243 e. The number of anilines is 2. The van der Waals surface area contributed by atoms with Crippen molar-refractivity contribution in [2.75, 3.05) is 49.6 Å². The Morgan fingerprint density at radius 2 is 1.79 bits per heavy atom. The van der Waals surface area contributed by atoms with Gasteiger partial charge in [-0.05, 0) is 68.6 Å². The van der Waals surface area contributed by atoms with E-state index in [1.807, 2.05) is 19.9 Å². The molecule has 1 aromatic rings. The predicted molar refractivity (Wildman–Crippen MR) is 134 cm³/mol. The van der Waals surface area contributed by atoms with Gasteiger partial charge in [-0.3, -0.25) is 4.79 Å². The van der Waals surface area contributed by atoms with Crippen molar-refractivity contribution in [2.45, 2.75) is 62.1 Å². The summed E-state index contributed by atoms with van der Waals surface area (Å²) < 4.78 is 33.4. The minimum absolute atomic E-state index is 0.00137. The number of rotatable bonds is 7. The number of hydrogen-bond acceptors (Lipinski definition) is 5. The van der Waals surface area contributed by atoms with Gasteiger partial charge in [0.15, 0.2) is 0 Å². The van der Waals surface area contributed by atoms with E-state index in [2.05, 4.69) is 10.2 Å². The molecule has 4 aliphatic carbocycles. The van der Waals surface area contributed by atoms with Crippen molar-refractivity contribution in [3.63, 3.8) is 0 Å². The van der Waals surface area contributed by atoms with Crippen LogP contribution in [0.2, 0.25) is 0 Å². The summed E-state index contributed by atoms with van der Waals surface area (Å²) in [6, 6.07) is 5.14. The third kappa shape index (κ3) is 4.25. The van der Waals surface area contributed by atoms with Crippen LogP contribution in [0, 0.1) is 17.3 Å². The van der Waals surface area contributed by atoms with Gasteiger partial charge in [-0.25, -0.2) is 8.42 Å².